The molecular formula is C13H18Cl2N2O2S. The summed E-state index contributed by atoms with van der Waals surface area (Å²) < 4.78 is 0.878. The zero-order valence-electron chi connectivity index (χ0n) is 11.8. The second-order valence-electron chi connectivity index (χ2n) is 4.40. The minimum absolute atomic E-state index is 0.0137. The third kappa shape index (κ3) is 4.74. The molecule has 0 spiro atoms. The van der Waals surface area contributed by atoms with E-state index in [0.717, 1.165) is 0 Å². The van der Waals surface area contributed by atoms with Gasteiger partial charge in [-0.2, -0.15) is 0 Å². The van der Waals surface area contributed by atoms with E-state index in [0.29, 0.717) is 27.3 Å². The molecule has 0 radical (unpaired) electrons. The number of hydrogen-bond acceptors (Lipinski definition) is 4. The Bertz CT molecular complexity index is 487. The van der Waals surface area contributed by atoms with Gasteiger partial charge in [-0.15, -0.1) is 11.3 Å². The van der Waals surface area contributed by atoms with Crippen LogP contribution in [0.1, 0.15) is 24.2 Å². The number of rotatable bonds is 7. The summed E-state index contributed by atoms with van der Waals surface area (Å²) in [6.45, 7) is 5.55. The van der Waals surface area contributed by atoms with Crippen LogP contribution in [0.25, 0.3) is 0 Å². The first-order valence-corrected chi connectivity index (χ1v) is 7.90. The summed E-state index contributed by atoms with van der Waals surface area (Å²) in [6.07, 6.45) is 0. The normalized spacial score (nSPS) is 10.9. The van der Waals surface area contributed by atoms with Gasteiger partial charge in [-0.3, -0.25) is 14.5 Å². The number of likely N-dealkylation sites (N-methyl/N-ethyl adjacent to an activating group) is 2. The molecule has 20 heavy (non-hydrogen) atoms. The van der Waals surface area contributed by atoms with E-state index in [1.807, 2.05) is 13.8 Å². The van der Waals surface area contributed by atoms with Crippen LogP contribution in [0.4, 0.5) is 0 Å². The van der Waals surface area contributed by atoms with E-state index in [2.05, 4.69) is 0 Å². The fraction of sp³-hybridized carbons (Fsp3) is 0.538. The van der Waals surface area contributed by atoms with E-state index in [1.165, 1.54) is 11.3 Å². The van der Waals surface area contributed by atoms with Crippen LogP contribution in [-0.2, 0) is 4.79 Å². The maximum Gasteiger partial charge on any atom is 0.236 e. The third-order valence-corrected chi connectivity index (χ3v) is 4.38. The molecule has 112 valence electrons. The topological polar surface area (TPSA) is 40.6 Å². The SMILES string of the molecule is CCN(CC)C(=O)CN(C)CC(=O)c1cc(Cl)sc1Cl. The van der Waals surface area contributed by atoms with Crippen molar-refractivity contribution in [3.63, 3.8) is 0 Å². The summed E-state index contributed by atoms with van der Waals surface area (Å²) in [4.78, 5) is 27.4. The van der Waals surface area contributed by atoms with E-state index in [-0.39, 0.29) is 24.8 Å². The number of amides is 1. The minimum atomic E-state index is -0.131. The predicted octanol–water partition coefficient (Wildman–Crippen LogP) is 3.04. The highest BCUT2D eigenvalue weighted by Gasteiger charge is 2.18. The van der Waals surface area contributed by atoms with Gasteiger partial charge in [0.25, 0.3) is 0 Å². The van der Waals surface area contributed by atoms with Gasteiger partial charge in [0.15, 0.2) is 5.78 Å². The Morgan fingerprint density at radius 3 is 2.25 bits per heavy atom. The predicted molar refractivity (Wildman–Crippen MR) is 84.1 cm³/mol. The minimum Gasteiger partial charge on any atom is -0.342 e. The van der Waals surface area contributed by atoms with Crippen molar-refractivity contribution in [3.8, 4) is 0 Å². The molecule has 1 amide bonds. The van der Waals surface area contributed by atoms with Gasteiger partial charge in [0.05, 0.1) is 23.0 Å². The van der Waals surface area contributed by atoms with Gasteiger partial charge in [0, 0.05) is 13.1 Å². The molecule has 0 N–H and O–H groups in total. The highest BCUT2D eigenvalue weighted by Crippen LogP contribution is 2.31. The summed E-state index contributed by atoms with van der Waals surface area (Å²) in [6, 6.07) is 1.57. The lowest BCUT2D eigenvalue weighted by molar-refractivity contribution is -0.131. The Balaban J connectivity index is 2.58. The third-order valence-electron chi connectivity index (χ3n) is 2.89. The number of halogens is 2. The van der Waals surface area contributed by atoms with E-state index < -0.39 is 0 Å². The quantitative estimate of drug-likeness (QED) is 0.718. The lowest BCUT2D eigenvalue weighted by Crippen LogP contribution is -2.40. The number of carbonyl (C=O) groups excluding carboxylic acids is 2. The van der Waals surface area contributed by atoms with Gasteiger partial charge in [-0.25, -0.2) is 0 Å². The van der Waals surface area contributed by atoms with Gasteiger partial charge in [-0.1, -0.05) is 23.2 Å². The Morgan fingerprint density at radius 1 is 1.20 bits per heavy atom. The average molecular weight is 337 g/mol. The number of Topliss-reactive ketones (excluding diaryl/α,β-unsaturated/α-hetero) is 1. The van der Waals surface area contributed by atoms with Crippen LogP contribution in [0.15, 0.2) is 6.07 Å². The first kappa shape index (κ1) is 17.4. The van der Waals surface area contributed by atoms with Gasteiger partial charge >= 0.3 is 0 Å². The molecule has 0 unspecified atom stereocenters. The monoisotopic (exact) mass is 336 g/mol. The standard InChI is InChI=1S/C13H18Cl2N2O2S/c1-4-17(5-2)12(19)8-16(3)7-10(18)9-6-11(14)20-13(9)15/h6H,4-5,7-8H2,1-3H3. The van der Waals surface area contributed by atoms with Crippen molar-refractivity contribution in [1.29, 1.82) is 0 Å². The fourth-order valence-electron chi connectivity index (χ4n) is 1.82. The van der Waals surface area contributed by atoms with Gasteiger partial charge in [0.1, 0.15) is 4.34 Å². The average Bonchev–Trinajstić information content (AvgIpc) is 2.69. The largest absolute Gasteiger partial charge is 0.342 e. The van der Waals surface area contributed by atoms with Crippen molar-refractivity contribution >= 4 is 46.2 Å². The molecule has 0 saturated heterocycles. The van der Waals surface area contributed by atoms with Crippen LogP contribution in [0, 0.1) is 0 Å². The summed E-state index contributed by atoms with van der Waals surface area (Å²) in [5.41, 5.74) is 0.420. The van der Waals surface area contributed by atoms with E-state index in [1.54, 1.807) is 22.9 Å². The molecule has 0 aromatic carbocycles. The van der Waals surface area contributed by atoms with Gasteiger partial charge in [-0.05, 0) is 27.0 Å². The van der Waals surface area contributed by atoms with E-state index in [4.69, 9.17) is 23.2 Å². The number of thiophene rings is 1. The fourth-order valence-corrected chi connectivity index (χ4v) is 3.32. The molecule has 1 aromatic heterocycles. The Kier molecular flexibility index (Phi) is 6.95. The maximum absolute atomic E-state index is 12.1. The van der Waals surface area contributed by atoms with Crippen molar-refractivity contribution in [2.75, 3.05) is 33.2 Å². The molecule has 1 rings (SSSR count). The summed E-state index contributed by atoms with van der Waals surface area (Å²) in [7, 11) is 1.74. The maximum atomic E-state index is 12.1. The Morgan fingerprint density at radius 2 is 1.80 bits per heavy atom. The van der Waals surface area contributed by atoms with Crippen LogP contribution in [0.3, 0.4) is 0 Å². The molecule has 0 fully saturated rings. The van der Waals surface area contributed by atoms with E-state index >= 15 is 0 Å². The second kappa shape index (κ2) is 7.98. The molecule has 0 aliphatic rings. The summed E-state index contributed by atoms with van der Waals surface area (Å²) in [5.74, 6) is -0.118. The van der Waals surface area contributed by atoms with Crippen LogP contribution in [-0.4, -0.2) is 54.7 Å². The first-order chi connectivity index (χ1) is 9.38. The smallest absolute Gasteiger partial charge is 0.236 e. The van der Waals surface area contributed by atoms with Crippen molar-refractivity contribution < 1.29 is 9.59 Å². The number of hydrogen-bond donors (Lipinski definition) is 0. The van der Waals surface area contributed by atoms with Crippen molar-refractivity contribution in [2.45, 2.75) is 13.8 Å². The first-order valence-electron chi connectivity index (χ1n) is 6.33. The zero-order valence-corrected chi connectivity index (χ0v) is 14.1. The molecule has 0 aliphatic heterocycles. The van der Waals surface area contributed by atoms with Crippen LogP contribution in [0.2, 0.25) is 8.67 Å². The molecule has 4 nitrogen and oxygen atoms in total. The number of nitrogens with zero attached hydrogens (tertiary/aromatic N) is 2. The highest BCUT2D eigenvalue weighted by atomic mass is 35.5. The lowest BCUT2D eigenvalue weighted by Gasteiger charge is -2.22. The molecule has 0 bridgehead atoms. The molecule has 1 heterocycles. The van der Waals surface area contributed by atoms with Gasteiger partial charge < -0.3 is 4.90 Å². The van der Waals surface area contributed by atoms with Crippen molar-refractivity contribution in [3.05, 3.63) is 20.3 Å². The number of carbonyl (C=O) groups is 2. The van der Waals surface area contributed by atoms with E-state index in [9.17, 15) is 9.59 Å². The van der Waals surface area contributed by atoms with Gasteiger partial charge in [0.2, 0.25) is 5.91 Å². The summed E-state index contributed by atoms with van der Waals surface area (Å²) in [5, 5.41) is 0. The van der Waals surface area contributed by atoms with Crippen LogP contribution in [0.5, 0.6) is 0 Å². The number of ketones is 1. The highest BCUT2D eigenvalue weighted by molar-refractivity contribution is 7.20. The zero-order chi connectivity index (χ0) is 15.3. The molecule has 1 aromatic rings. The lowest BCUT2D eigenvalue weighted by atomic mass is 10.2. The molecule has 0 aliphatic carbocycles. The van der Waals surface area contributed by atoms with Crippen molar-refractivity contribution in [1.82, 2.24) is 9.80 Å². The molecular weight excluding hydrogens is 319 g/mol. The Hall–Kier alpha value is -0.620. The Labute approximate surface area is 133 Å². The molecule has 7 heteroatoms. The van der Waals surface area contributed by atoms with Crippen LogP contribution >= 0.6 is 34.5 Å². The molecule has 0 atom stereocenters. The van der Waals surface area contributed by atoms with Crippen LogP contribution < -0.4 is 0 Å². The molecule has 0 saturated carbocycles. The van der Waals surface area contributed by atoms with Crippen molar-refractivity contribution in [2.24, 2.45) is 0 Å². The summed E-state index contributed by atoms with van der Waals surface area (Å²) >= 11 is 12.9. The second-order valence-corrected chi connectivity index (χ2v) is 6.68.